The molecule has 7 N–H and O–H groups in total. The summed E-state index contributed by atoms with van der Waals surface area (Å²) < 4.78 is 38.5. The van der Waals surface area contributed by atoms with Crippen LogP contribution in [-0.2, 0) is 22.9 Å². The van der Waals surface area contributed by atoms with Gasteiger partial charge in [-0.3, -0.25) is 13.6 Å². The lowest BCUT2D eigenvalue weighted by molar-refractivity contribution is -0.0411. The first-order chi connectivity index (χ1) is 13.0. The van der Waals surface area contributed by atoms with Gasteiger partial charge in [0.2, 0.25) is 5.95 Å². The normalized spacial score (nSPS) is 23.4. The fourth-order valence-corrected chi connectivity index (χ4v) is 3.76. The zero-order chi connectivity index (χ0) is 20.7. The minimum Gasteiger partial charge on any atom is -0.382 e. The van der Waals surface area contributed by atoms with Crippen molar-refractivity contribution in [2.45, 2.75) is 24.9 Å². The quantitative estimate of drug-likeness (QED) is 0.294. The number of ether oxygens (including phenoxy) is 1. The molecule has 15 nitrogen and oxygen atoms in total. The van der Waals surface area contributed by atoms with Crippen LogP contribution in [0.2, 0.25) is 0 Å². The van der Waals surface area contributed by atoms with Gasteiger partial charge in [0.25, 0.3) is 0 Å². The van der Waals surface area contributed by atoms with Gasteiger partial charge in [-0.25, -0.2) is 24.1 Å². The van der Waals surface area contributed by atoms with Crippen LogP contribution >= 0.6 is 15.6 Å². The van der Waals surface area contributed by atoms with Gasteiger partial charge in [0.1, 0.15) is 24.8 Å². The zero-order valence-electron chi connectivity index (χ0n) is 14.3. The number of phosphoric acid groups is 2. The molecule has 0 bridgehead atoms. The molecule has 1 aliphatic heterocycles. The highest BCUT2D eigenvalue weighted by Crippen LogP contribution is 2.46. The van der Waals surface area contributed by atoms with Gasteiger partial charge in [-0.1, -0.05) is 0 Å². The van der Waals surface area contributed by atoms with E-state index in [2.05, 4.69) is 24.8 Å². The van der Waals surface area contributed by atoms with E-state index < -0.39 is 40.7 Å². The van der Waals surface area contributed by atoms with E-state index in [0.717, 1.165) is 0 Å². The van der Waals surface area contributed by atoms with E-state index in [1.807, 2.05) is 0 Å². The maximum atomic E-state index is 11.3. The summed E-state index contributed by atoms with van der Waals surface area (Å²) >= 11 is 0. The Kier molecular flexibility index (Phi) is 5.74. The lowest BCUT2D eigenvalue weighted by Gasteiger charge is -2.19. The lowest BCUT2D eigenvalue weighted by atomic mass is 10.2. The molecular weight excluding hydrogens is 422 g/mol. The van der Waals surface area contributed by atoms with Crippen LogP contribution in [0.5, 0.6) is 0 Å². The average Bonchev–Trinajstić information content (AvgIpc) is 3.12. The first-order valence-electron chi connectivity index (χ1n) is 7.74. The highest BCUT2D eigenvalue weighted by Gasteiger charge is 2.43. The van der Waals surface area contributed by atoms with Crippen molar-refractivity contribution in [1.29, 1.82) is 0 Å². The number of hydrogen-bond acceptors (Lipinski definition) is 10. The van der Waals surface area contributed by atoms with Crippen LogP contribution in [0.15, 0.2) is 6.33 Å². The summed E-state index contributed by atoms with van der Waals surface area (Å²) in [6.07, 6.45) is -2.19. The number of nitrogen functional groups attached to an aromatic ring is 1. The van der Waals surface area contributed by atoms with Crippen LogP contribution in [0.1, 0.15) is 12.6 Å². The highest BCUT2D eigenvalue weighted by molar-refractivity contribution is 7.46. The van der Waals surface area contributed by atoms with Gasteiger partial charge in [-0.05, 0) is 0 Å². The number of nitrogens with one attached hydrogen (secondary N) is 1. The van der Waals surface area contributed by atoms with E-state index in [4.69, 9.17) is 34.6 Å². The Morgan fingerprint density at radius 3 is 2.64 bits per heavy atom. The molecule has 0 saturated carbocycles. The molecular formula is C11H18N6O9P2. The summed E-state index contributed by atoms with van der Waals surface area (Å²) in [4.78, 5) is 48.2. The Balaban J connectivity index is 1.94. The topological polar surface area (TPSA) is 224 Å². The number of aromatic nitrogens is 4. The van der Waals surface area contributed by atoms with Crippen molar-refractivity contribution < 1.29 is 42.5 Å². The fourth-order valence-electron chi connectivity index (χ4n) is 2.84. The maximum Gasteiger partial charge on any atom is 0.469 e. The summed E-state index contributed by atoms with van der Waals surface area (Å²) in [6, 6.07) is 0. The minimum absolute atomic E-state index is 0.0929. The molecule has 156 valence electrons. The molecule has 2 aromatic rings. The number of nitrogens with two attached hydrogens (primary N) is 1. The first kappa shape index (κ1) is 21.0. The molecule has 0 spiro atoms. The summed E-state index contributed by atoms with van der Waals surface area (Å²) in [5, 5.41) is 2.82. The molecule has 1 aliphatic rings. The van der Waals surface area contributed by atoms with E-state index in [9.17, 15) is 9.13 Å². The highest BCUT2D eigenvalue weighted by atomic mass is 31.2. The molecule has 0 aliphatic carbocycles. The minimum atomic E-state index is -4.91. The SMILES string of the molecule is CNc1nc2c(N)ncnc2n1[C@H]1C[C@H](OP(=O)(O)O)[C@@H](COP(=O)(O)O)O1. The molecule has 0 radical (unpaired) electrons. The standard InChI is InChI=1S/C11H18N6O9P2/c1-13-11-16-8-9(12)14-4-15-10(8)17(11)7-2-5(26-28(21,22)23)6(25-7)3-24-27(18,19)20/h4-7H,2-3H2,1H3,(H,13,16)(H2,12,14,15)(H2,18,19,20)(H2,21,22,23)/t5-,6+,7+/m0/s1. The molecule has 0 aromatic carbocycles. The molecule has 3 atom stereocenters. The largest absolute Gasteiger partial charge is 0.469 e. The fraction of sp³-hybridized carbons (Fsp3) is 0.545. The third-order valence-electron chi connectivity index (χ3n) is 3.88. The second kappa shape index (κ2) is 7.63. The summed E-state index contributed by atoms with van der Waals surface area (Å²) in [6.45, 7) is -0.663. The van der Waals surface area contributed by atoms with Crippen LogP contribution in [-0.4, -0.2) is 65.0 Å². The van der Waals surface area contributed by atoms with Gasteiger partial charge in [-0.2, -0.15) is 0 Å². The third kappa shape index (κ3) is 4.66. The molecule has 2 aromatic heterocycles. The molecule has 17 heteroatoms. The Morgan fingerprint density at radius 2 is 2.04 bits per heavy atom. The van der Waals surface area contributed by atoms with Crippen molar-refractivity contribution in [2.75, 3.05) is 24.7 Å². The van der Waals surface area contributed by atoms with Gasteiger partial charge in [0.15, 0.2) is 17.0 Å². The van der Waals surface area contributed by atoms with E-state index in [1.165, 1.54) is 10.9 Å². The predicted molar refractivity (Wildman–Crippen MR) is 92.7 cm³/mol. The Morgan fingerprint density at radius 1 is 1.32 bits per heavy atom. The van der Waals surface area contributed by atoms with E-state index in [0.29, 0.717) is 0 Å². The van der Waals surface area contributed by atoms with Crippen molar-refractivity contribution in [1.82, 2.24) is 19.5 Å². The third-order valence-corrected chi connectivity index (χ3v) is 4.91. The van der Waals surface area contributed by atoms with Gasteiger partial charge >= 0.3 is 15.6 Å². The van der Waals surface area contributed by atoms with E-state index in [1.54, 1.807) is 7.05 Å². The lowest BCUT2D eigenvalue weighted by Crippen LogP contribution is -2.28. The molecule has 0 unspecified atom stereocenters. The monoisotopic (exact) mass is 440 g/mol. The van der Waals surface area contributed by atoms with Gasteiger partial charge < -0.3 is 35.4 Å². The van der Waals surface area contributed by atoms with Gasteiger partial charge in [-0.15, -0.1) is 0 Å². The number of phosphoric ester groups is 2. The number of fused-ring (bicyclic) bond motifs is 1. The Bertz CT molecular complexity index is 957. The van der Waals surface area contributed by atoms with Crippen molar-refractivity contribution in [3.8, 4) is 0 Å². The number of imidazole rings is 1. The second-order valence-electron chi connectivity index (χ2n) is 5.77. The number of rotatable bonds is 7. The van der Waals surface area contributed by atoms with Crippen LogP contribution in [0, 0.1) is 0 Å². The molecule has 28 heavy (non-hydrogen) atoms. The Hall–Kier alpha value is -1.67. The van der Waals surface area contributed by atoms with Crippen LogP contribution in [0.25, 0.3) is 11.2 Å². The van der Waals surface area contributed by atoms with Gasteiger partial charge in [0, 0.05) is 13.5 Å². The molecule has 3 rings (SSSR count). The van der Waals surface area contributed by atoms with Crippen molar-refractivity contribution >= 4 is 38.6 Å². The van der Waals surface area contributed by atoms with Crippen molar-refractivity contribution in [3.05, 3.63) is 6.33 Å². The molecule has 1 fully saturated rings. The van der Waals surface area contributed by atoms with Gasteiger partial charge in [0.05, 0.1) is 6.61 Å². The van der Waals surface area contributed by atoms with E-state index in [-0.39, 0.29) is 29.4 Å². The van der Waals surface area contributed by atoms with Crippen LogP contribution in [0.4, 0.5) is 11.8 Å². The second-order valence-corrected chi connectivity index (χ2v) is 8.20. The molecule has 1 saturated heterocycles. The van der Waals surface area contributed by atoms with E-state index >= 15 is 0 Å². The van der Waals surface area contributed by atoms with Crippen LogP contribution < -0.4 is 11.1 Å². The summed E-state index contributed by atoms with van der Waals surface area (Å²) in [5.74, 6) is 0.390. The molecule has 0 amide bonds. The first-order valence-corrected chi connectivity index (χ1v) is 10.8. The average molecular weight is 440 g/mol. The molecule has 3 heterocycles. The number of anilines is 2. The zero-order valence-corrected chi connectivity index (χ0v) is 16.1. The van der Waals surface area contributed by atoms with Crippen LogP contribution in [0.3, 0.4) is 0 Å². The summed E-state index contributed by atoms with van der Waals surface area (Å²) in [5.41, 5.74) is 6.36. The maximum absolute atomic E-state index is 11.3. The number of hydrogen-bond donors (Lipinski definition) is 6. The van der Waals surface area contributed by atoms with Crippen molar-refractivity contribution in [3.63, 3.8) is 0 Å². The summed E-state index contributed by atoms with van der Waals surface area (Å²) in [7, 11) is -8.17. The Labute approximate surface area is 157 Å². The van der Waals surface area contributed by atoms with Crippen molar-refractivity contribution in [2.24, 2.45) is 0 Å². The number of nitrogens with zero attached hydrogens (tertiary/aromatic N) is 4. The smallest absolute Gasteiger partial charge is 0.382 e. The predicted octanol–water partition coefficient (Wildman–Crippen LogP) is -0.675.